The number of likely N-dealkylation sites (N-methyl/N-ethyl adjacent to an activating group) is 1. The van der Waals surface area contributed by atoms with Gasteiger partial charge in [-0.05, 0) is 64.5 Å². The van der Waals surface area contributed by atoms with Crippen LogP contribution < -0.4 is 11.1 Å². The highest BCUT2D eigenvalue weighted by atomic mass is 35.5. The van der Waals surface area contributed by atoms with Gasteiger partial charge in [0.25, 0.3) is 0 Å². The smallest absolute Gasteiger partial charge is 0.223 e. The van der Waals surface area contributed by atoms with Gasteiger partial charge in [-0.3, -0.25) is 4.79 Å². The third-order valence-electron chi connectivity index (χ3n) is 6.86. The fourth-order valence-electron chi connectivity index (χ4n) is 5.21. The summed E-state index contributed by atoms with van der Waals surface area (Å²) in [4.78, 5) is 15.0. The SMILES string of the molecule is CN(C)C1(CNC(=O)C2CC3CCCC(C2)C3N)CCCC1.Cl.Cl. The van der Waals surface area contributed by atoms with Gasteiger partial charge in [0, 0.05) is 24.0 Å². The normalized spacial score (nSPS) is 34.2. The van der Waals surface area contributed by atoms with Crippen molar-refractivity contribution in [3.63, 3.8) is 0 Å². The van der Waals surface area contributed by atoms with Gasteiger partial charge in [-0.25, -0.2) is 0 Å². The Bertz CT molecular complexity index is 399. The third kappa shape index (κ3) is 4.38. The number of carbonyl (C=O) groups is 1. The number of nitrogens with one attached hydrogen (secondary N) is 1. The maximum absolute atomic E-state index is 12.7. The number of carbonyl (C=O) groups excluding carboxylic acids is 1. The van der Waals surface area contributed by atoms with E-state index in [0.717, 1.165) is 19.4 Å². The lowest BCUT2D eigenvalue weighted by atomic mass is 9.65. The van der Waals surface area contributed by atoms with Crippen molar-refractivity contribution in [3.8, 4) is 0 Å². The molecular formula is C18H35Cl2N3O. The minimum Gasteiger partial charge on any atom is -0.354 e. The minimum absolute atomic E-state index is 0. The summed E-state index contributed by atoms with van der Waals surface area (Å²) in [6, 6.07) is 0.348. The van der Waals surface area contributed by atoms with Gasteiger partial charge in [-0.1, -0.05) is 19.3 Å². The highest BCUT2D eigenvalue weighted by Gasteiger charge is 2.41. The summed E-state index contributed by atoms with van der Waals surface area (Å²) in [5, 5.41) is 3.30. The van der Waals surface area contributed by atoms with Crippen molar-refractivity contribution >= 4 is 30.7 Å². The van der Waals surface area contributed by atoms with Gasteiger partial charge < -0.3 is 16.0 Å². The lowest BCUT2D eigenvalue weighted by Gasteiger charge is -2.44. The van der Waals surface area contributed by atoms with Crippen LogP contribution in [0.5, 0.6) is 0 Å². The Hall–Kier alpha value is -0.0300. The molecule has 3 N–H and O–H groups in total. The van der Waals surface area contributed by atoms with Crippen LogP contribution in [0.4, 0.5) is 0 Å². The molecule has 2 bridgehead atoms. The largest absolute Gasteiger partial charge is 0.354 e. The minimum atomic E-state index is 0. The fourth-order valence-corrected chi connectivity index (χ4v) is 5.21. The van der Waals surface area contributed by atoms with Crippen LogP contribution in [0.3, 0.4) is 0 Å². The van der Waals surface area contributed by atoms with Gasteiger partial charge in [-0.2, -0.15) is 0 Å². The van der Waals surface area contributed by atoms with Gasteiger partial charge in [0.1, 0.15) is 0 Å². The average molecular weight is 380 g/mol. The van der Waals surface area contributed by atoms with E-state index in [-0.39, 0.29) is 42.2 Å². The van der Waals surface area contributed by atoms with Crippen molar-refractivity contribution in [1.29, 1.82) is 0 Å². The molecule has 142 valence electrons. The molecule has 3 saturated carbocycles. The van der Waals surface area contributed by atoms with Crippen molar-refractivity contribution in [2.24, 2.45) is 23.5 Å². The average Bonchev–Trinajstić information content (AvgIpc) is 2.94. The molecule has 4 nitrogen and oxygen atoms in total. The molecule has 0 saturated heterocycles. The number of hydrogen-bond acceptors (Lipinski definition) is 3. The zero-order chi connectivity index (χ0) is 15.7. The van der Waals surface area contributed by atoms with Crippen LogP contribution in [-0.4, -0.2) is 43.0 Å². The predicted octanol–water partition coefficient (Wildman–Crippen LogP) is 2.97. The Morgan fingerprint density at radius 3 is 2.12 bits per heavy atom. The molecule has 0 heterocycles. The second kappa shape index (κ2) is 9.07. The molecule has 0 aromatic carbocycles. The first-order chi connectivity index (χ1) is 10.5. The van der Waals surface area contributed by atoms with Gasteiger partial charge in [0.2, 0.25) is 5.91 Å². The van der Waals surface area contributed by atoms with E-state index < -0.39 is 0 Å². The molecule has 3 fully saturated rings. The maximum Gasteiger partial charge on any atom is 0.223 e. The van der Waals surface area contributed by atoms with Crippen LogP contribution >= 0.6 is 24.8 Å². The third-order valence-corrected chi connectivity index (χ3v) is 6.86. The quantitative estimate of drug-likeness (QED) is 0.788. The summed E-state index contributed by atoms with van der Waals surface area (Å²) in [7, 11) is 4.31. The number of amides is 1. The van der Waals surface area contributed by atoms with E-state index >= 15 is 0 Å². The molecule has 24 heavy (non-hydrogen) atoms. The molecular weight excluding hydrogens is 345 g/mol. The van der Waals surface area contributed by atoms with Crippen LogP contribution in [0.25, 0.3) is 0 Å². The first kappa shape index (κ1) is 22.0. The lowest BCUT2D eigenvalue weighted by molar-refractivity contribution is -0.128. The summed E-state index contributed by atoms with van der Waals surface area (Å²) < 4.78 is 0. The summed E-state index contributed by atoms with van der Waals surface area (Å²) in [6.45, 7) is 0.816. The number of nitrogens with zero attached hydrogens (tertiary/aromatic N) is 1. The van der Waals surface area contributed by atoms with Gasteiger partial charge in [0.15, 0.2) is 0 Å². The Kier molecular flexibility index (Phi) is 8.32. The van der Waals surface area contributed by atoms with Crippen molar-refractivity contribution in [2.75, 3.05) is 20.6 Å². The molecule has 1 amide bonds. The van der Waals surface area contributed by atoms with E-state index in [1.165, 1.54) is 44.9 Å². The summed E-state index contributed by atoms with van der Waals surface area (Å²) >= 11 is 0. The Morgan fingerprint density at radius 1 is 1.08 bits per heavy atom. The van der Waals surface area contributed by atoms with E-state index in [9.17, 15) is 4.79 Å². The zero-order valence-corrected chi connectivity index (χ0v) is 16.8. The second-order valence-corrected chi connectivity index (χ2v) is 8.24. The summed E-state index contributed by atoms with van der Waals surface area (Å²) in [6.07, 6.45) is 10.8. The van der Waals surface area contributed by atoms with Gasteiger partial charge in [-0.15, -0.1) is 24.8 Å². The van der Waals surface area contributed by atoms with Crippen molar-refractivity contribution < 1.29 is 4.79 Å². The zero-order valence-electron chi connectivity index (χ0n) is 15.1. The van der Waals surface area contributed by atoms with Crippen LogP contribution in [0.1, 0.15) is 57.8 Å². The standard InChI is InChI=1S/C18H33N3O.2ClH/c1-21(2)18(8-3-4-9-18)12-20-17(22)15-10-13-6-5-7-14(11-15)16(13)19;;/h13-16H,3-12,19H2,1-2H3,(H,20,22);2*1H. The molecule has 3 aliphatic carbocycles. The second-order valence-electron chi connectivity index (χ2n) is 8.24. The van der Waals surface area contributed by atoms with E-state index in [0.29, 0.717) is 17.9 Å². The molecule has 0 radical (unpaired) electrons. The lowest BCUT2D eigenvalue weighted by Crippen LogP contribution is -2.53. The molecule has 3 rings (SSSR count). The molecule has 2 atom stereocenters. The number of rotatable bonds is 4. The Balaban J connectivity index is 0.00000144. The molecule has 0 spiro atoms. The van der Waals surface area contributed by atoms with Crippen molar-refractivity contribution in [1.82, 2.24) is 10.2 Å². The highest BCUT2D eigenvalue weighted by Crippen LogP contribution is 2.42. The summed E-state index contributed by atoms with van der Waals surface area (Å²) in [5.41, 5.74) is 6.53. The monoisotopic (exact) mass is 379 g/mol. The highest BCUT2D eigenvalue weighted by molar-refractivity contribution is 5.85. The van der Waals surface area contributed by atoms with Crippen LogP contribution in [0.2, 0.25) is 0 Å². The number of hydrogen-bond donors (Lipinski definition) is 2. The van der Waals surface area contributed by atoms with E-state index in [1.807, 2.05) is 0 Å². The van der Waals surface area contributed by atoms with Crippen molar-refractivity contribution in [3.05, 3.63) is 0 Å². The Morgan fingerprint density at radius 2 is 1.62 bits per heavy atom. The number of halogens is 2. The molecule has 0 aromatic heterocycles. The van der Waals surface area contributed by atoms with Gasteiger partial charge >= 0.3 is 0 Å². The predicted molar refractivity (Wildman–Crippen MR) is 104 cm³/mol. The Labute approximate surface area is 159 Å². The number of fused-ring (bicyclic) bond motifs is 2. The molecule has 0 aromatic rings. The van der Waals surface area contributed by atoms with E-state index in [4.69, 9.17) is 5.73 Å². The maximum atomic E-state index is 12.7. The molecule has 0 aliphatic heterocycles. The molecule has 2 unspecified atom stereocenters. The first-order valence-electron chi connectivity index (χ1n) is 9.22. The van der Waals surface area contributed by atoms with Crippen LogP contribution in [0.15, 0.2) is 0 Å². The fraction of sp³-hybridized carbons (Fsp3) is 0.944. The van der Waals surface area contributed by atoms with Crippen molar-refractivity contribution in [2.45, 2.75) is 69.4 Å². The van der Waals surface area contributed by atoms with Crippen LogP contribution in [0, 0.1) is 17.8 Å². The first-order valence-corrected chi connectivity index (χ1v) is 9.22. The number of nitrogens with two attached hydrogens (primary N) is 1. The topological polar surface area (TPSA) is 58.4 Å². The molecule has 6 heteroatoms. The van der Waals surface area contributed by atoms with E-state index in [1.54, 1.807) is 0 Å². The van der Waals surface area contributed by atoms with E-state index in [2.05, 4.69) is 24.3 Å². The van der Waals surface area contributed by atoms with Crippen LogP contribution in [-0.2, 0) is 4.79 Å². The molecule has 3 aliphatic rings. The van der Waals surface area contributed by atoms with Gasteiger partial charge in [0.05, 0.1) is 0 Å². The summed E-state index contributed by atoms with van der Waals surface area (Å²) in [5.74, 6) is 1.66.